The molecule has 4 N–H and O–H groups in total. The lowest BCUT2D eigenvalue weighted by Crippen LogP contribution is -2.41. The summed E-state index contributed by atoms with van der Waals surface area (Å²) in [7, 11) is -0.477. The number of pyridine rings is 1. The third kappa shape index (κ3) is 2.03. The van der Waals surface area contributed by atoms with Crippen molar-refractivity contribution in [1.82, 2.24) is 4.98 Å². The molecule has 1 aromatic heterocycles. The van der Waals surface area contributed by atoms with Gasteiger partial charge in [-0.2, -0.15) is 0 Å². The van der Waals surface area contributed by atoms with Gasteiger partial charge >= 0.3 is 7.12 Å². The Morgan fingerprint density at radius 2 is 1.65 bits per heavy atom. The third-order valence-corrected chi connectivity index (χ3v) is 4.76. The molecule has 1 saturated heterocycles. The van der Waals surface area contributed by atoms with Crippen molar-refractivity contribution in [2.45, 2.75) is 57.3 Å². The number of aromatic nitrogens is 1. The summed E-state index contributed by atoms with van der Waals surface area (Å²) >= 11 is 0. The highest BCUT2D eigenvalue weighted by molar-refractivity contribution is 6.63. The molecule has 0 radical (unpaired) electrons. The molecule has 0 atom stereocenters. The van der Waals surface area contributed by atoms with E-state index < -0.39 is 7.12 Å². The number of hydrogen-bond acceptors (Lipinski definition) is 5. The van der Waals surface area contributed by atoms with Gasteiger partial charge in [0.1, 0.15) is 5.82 Å². The molecule has 0 aromatic carbocycles. The van der Waals surface area contributed by atoms with Crippen molar-refractivity contribution >= 4 is 18.4 Å². The van der Waals surface area contributed by atoms with Crippen LogP contribution in [0, 0.1) is 0 Å². The second kappa shape index (κ2) is 3.96. The maximum absolute atomic E-state index is 6.15. The molecule has 1 saturated carbocycles. The molecule has 108 valence electrons. The summed E-state index contributed by atoms with van der Waals surface area (Å²) < 4.78 is 12.0. The summed E-state index contributed by atoms with van der Waals surface area (Å²) in [5.41, 5.74) is 12.8. The quantitative estimate of drug-likeness (QED) is 0.784. The SMILES string of the molecule is CC1(C)OB(c2ccc(C3(N)CC3)nc2N)OC1(C)C. The van der Waals surface area contributed by atoms with E-state index in [0.29, 0.717) is 5.82 Å². The van der Waals surface area contributed by atoms with Crippen molar-refractivity contribution in [3.8, 4) is 0 Å². The van der Waals surface area contributed by atoms with Crippen LogP contribution in [-0.4, -0.2) is 23.3 Å². The van der Waals surface area contributed by atoms with Crippen molar-refractivity contribution in [2.75, 3.05) is 5.73 Å². The Labute approximate surface area is 120 Å². The molecule has 3 rings (SSSR count). The first-order chi connectivity index (χ1) is 9.15. The molecule has 2 heterocycles. The smallest absolute Gasteiger partial charge is 0.399 e. The van der Waals surface area contributed by atoms with Crippen molar-refractivity contribution < 1.29 is 9.31 Å². The van der Waals surface area contributed by atoms with Gasteiger partial charge in [-0.15, -0.1) is 0 Å². The molecule has 0 amide bonds. The molecule has 1 aliphatic carbocycles. The predicted octanol–water partition coefficient (Wildman–Crippen LogP) is 0.911. The van der Waals surface area contributed by atoms with Crippen molar-refractivity contribution in [1.29, 1.82) is 0 Å². The summed E-state index contributed by atoms with van der Waals surface area (Å²) in [4.78, 5) is 4.44. The van der Waals surface area contributed by atoms with Crippen LogP contribution in [0.25, 0.3) is 0 Å². The summed E-state index contributed by atoms with van der Waals surface area (Å²) in [6, 6.07) is 3.86. The van der Waals surface area contributed by atoms with Crippen LogP contribution in [-0.2, 0) is 14.8 Å². The van der Waals surface area contributed by atoms with Crippen molar-refractivity contribution in [2.24, 2.45) is 5.73 Å². The van der Waals surface area contributed by atoms with E-state index in [1.165, 1.54) is 0 Å². The highest BCUT2D eigenvalue weighted by Crippen LogP contribution is 2.42. The second-order valence-corrected chi connectivity index (χ2v) is 6.92. The van der Waals surface area contributed by atoms with Gasteiger partial charge in [-0.3, -0.25) is 0 Å². The van der Waals surface area contributed by atoms with Crippen LogP contribution >= 0.6 is 0 Å². The highest BCUT2D eigenvalue weighted by atomic mass is 16.7. The fraction of sp³-hybridized carbons (Fsp3) is 0.643. The van der Waals surface area contributed by atoms with Gasteiger partial charge in [0.05, 0.1) is 22.4 Å². The maximum Gasteiger partial charge on any atom is 0.498 e. The van der Waals surface area contributed by atoms with E-state index in [4.69, 9.17) is 20.8 Å². The maximum atomic E-state index is 6.15. The average molecular weight is 275 g/mol. The zero-order valence-corrected chi connectivity index (χ0v) is 12.6. The van der Waals surface area contributed by atoms with Crippen LogP contribution in [0.4, 0.5) is 5.82 Å². The third-order valence-electron chi connectivity index (χ3n) is 4.76. The van der Waals surface area contributed by atoms with E-state index >= 15 is 0 Å². The van der Waals surface area contributed by atoms with Crippen molar-refractivity contribution in [3.05, 3.63) is 17.8 Å². The van der Waals surface area contributed by atoms with Crippen LogP contribution in [0.5, 0.6) is 0 Å². The molecule has 1 aromatic rings. The first-order valence-electron chi connectivity index (χ1n) is 7.06. The Kier molecular flexibility index (Phi) is 2.75. The highest BCUT2D eigenvalue weighted by Gasteiger charge is 2.52. The average Bonchev–Trinajstić information content (AvgIpc) is 3.01. The zero-order chi connectivity index (χ0) is 14.8. The van der Waals surface area contributed by atoms with Gasteiger partial charge < -0.3 is 20.8 Å². The molecule has 0 spiro atoms. The monoisotopic (exact) mass is 275 g/mol. The zero-order valence-electron chi connectivity index (χ0n) is 12.6. The Morgan fingerprint density at radius 3 is 2.10 bits per heavy atom. The van der Waals surface area contributed by atoms with Gasteiger partial charge in [0.2, 0.25) is 0 Å². The second-order valence-electron chi connectivity index (χ2n) is 6.92. The lowest BCUT2D eigenvalue weighted by molar-refractivity contribution is 0.00578. The largest absolute Gasteiger partial charge is 0.498 e. The van der Waals surface area contributed by atoms with Gasteiger partial charge in [0, 0.05) is 5.46 Å². The minimum Gasteiger partial charge on any atom is -0.399 e. The molecule has 6 heteroatoms. The van der Waals surface area contributed by atoms with Gasteiger partial charge in [0.25, 0.3) is 0 Å². The van der Waals surface area contributed by atoms with Crippen molar-refractivity contribution in [3.63, 3.8) is 0 Å². The van der Waals surface area contributed by atoms with Crippen LogP contribution in [0.3, 0.4) is 0 Å². The number of nitrogens with two attached hydrogens (primary N) is 2. The Balaban J connectivity index is 1.89. The van der Waals surface area contributed by atoms with E-state index in [9.17, 15) is 0 Å². The van der Waals surface area contributed by atoms with Crippen LogP contribution in [0.1, 0.15) is 46.2 Å². The van der Waals surface area contributed by atoms with Gasteiger partial charge in [-0.25, -0.2) is 4.98 Å². The summed E-state index contributed by atoms with van der Waals surface area (Å²) in [6.07, 6.45) is 1.94. The van der Waals surface area contributed by atoms with Crippen LogP contribution < -0.4 is 16.9 Å². The van der Waals surface area contributed by atoms with E-state index in [-0.39, 0.29) is 16.7 Å². The number of nitrogen functional groups attached to an aromatic ring is 1. The topological polar surface area (TPSA) is 83.4 Å². The first-order valence-corrected chi connectivity index (χ1v) is 7.06. The first kappa shape index (κ1) is 13.9. The normalized spacial score (nSPS) is 25.8. The number of rotatable bonds is 2. The van der Waals surface area contributed by atoms with Crippen LogP contribution in [0.15, 0.2) is 12.1 Å². The lowest BCUT2D eigenvalue weighted by Gasteiger charge is -2.32. The fourth-order valence-electron chi connectivity index (χ4n) is 2.32. The van der Waals surface area contributed by atoms with E-state index in [0.717, 1.165) is 24.0 Å². The number of nitrogens with zero attached hydrogens (tertiary/aromatic N) is 1. The molecule has 2 aliphatic rings. The molecule has 20 heavy (non-hydrogen) atoms. The molecule has 2 fully saturated rings. The molecule has 0 bridgehead atoms. The molecular weight excluding hydrogens is 253 g/mol. The fourth-order valence-corrected chi connectivity index (χ4v) is 2.32. The Morgan fingerprint density at radius 1 is 1.10 bits per heavy atom. The minimum atomic E-state index is -0.477. The standard InChI is InChI=1S/C14H22BN3O2/c1-12(2)13(3,4)20-15(19-12)9-5-6-10(18-11(9)16)14(17)7-8-14/h5-6H,7-8,17H2,1-4H3,(H2,16,18). The summed E-state index contributed by atoms with van der Waals surface area (Å²) in [6.45, 7) is 8.07. The van der Waals surface area contributed by atoms with E-state index in [2.05, 4.69) is 4.98 Å². The molecule has 0 unspecified atom stereocenters. The lowest BCUT2D eigenvalue weighted by atomic mass is 9.79. The number of hydrogen-bond donors (Lipinski definition) is 2. The van der Waals surface area contributed by atoms with Gasteiger partial charge in [-0.1, -0.05) is 6.07 Å². The number of anilines is 1. The Hall–Kier alpha value is -1.11. The molecule has 1 aliphatic heterocycles. The van der Waals surface area contributed by atoms with Crippen LogP contribution in [0.2, 0.25) is 0 Å². The van der Waals surface area contributed by atoms with Gasteiger partial charge in [-0.05, 0) is 46.6 Å². The minimum absolute atomic E-state index is 0.275. The Bertz CT molecular complexity index is 539. The molecule has 5 nitrogen and oxygen atoms in total. The summed E-state index contributed by atoms with van der Waals surface area (Å²) in [5.74, 6) is 0.442. The summed E-state index contributed by atoms with van der Waals surface area (Å²) in [5, 5.41) is 0. The van der Waals surface area contributed by atoms with E-state index in [1.54, 1.807) is 0 Å². The van der Waals surface area contributed by atoms with E-state index in [1.807, 2.05) is 39.8 Å². The molecular formula is C14H22BN3O2. The van der Waals surface area contributed by atoms with Gasteiger partial charge in [0.15, 0.2) is 0 Å². The predicted molar refractivity (Wildman–Crippen MR) is 79.5 cm³/mol.